The summed E-state index contributed by atoms with van der Waals surface area (Å²) < 4.78 is 28.4. The van der Waals surface area contributed by atoms with Crippen molar-refractivity contribution in [3.05, 3.63) is 29.3 Å². The van der Waals surface area contributed by atoms with Gasteiger partial charge in [0.25, 0.3) is 0 Å². The molecule has 0 aliphatic heterocycles. The minimum Gasteiger partial charge on any atom is -0.434 e. The summed E-state index contributed by atoms with van der Waals surface area (Å²) in [5, 5.41) is 0.797. The molecule has 0 bridgehead atoms. The number of benzene rings is 1. The van der Waals surface area contributed by atoms with Crippen molar-refractivity contribution >= 4 is 22.2 Å². The molecule has 0 aliphatic rings. The number of carbonyl (C=O) groups is 1. The minimum absolute atomic E-state index is 0.0583. The Hall–Kier alpha value is -0.970. The Kier molecular flexibility index (Phi) is 5.38. The molecule has 0 radical (unpaired) electrons. The van der Waals surface area contributed by atoms with E-state index in [-0.39, 0.29) is 11.3 Å². The maximum absolute atomic E-state index is 12.1. The fourth-order valence-corrected chi connectivity index (χ4v) is 1.68. The molecule has 1 rings (SSSR count). The van der Waals surface area contributed by atoms with E-state index in [2.05, 4.69) is 20.7 Å². The molecule has 0 saturated carbocycles. The van der Waals surface area contributed by atoms with Gasteiger partial charge in [-0.15, -0.1) is 0 Å². The Morgan fingerprint density at radius 1 is 1.44 bits per heavy atom. The summed E-state index contributed by atoms with van der Waals surface area (Å²) in [5.74, 6) is -0.0583. The molecule has 0 saturated heterocycles. The van der Waals surface area contributed by atoms with Crippen LogP contribution in [-0.4, -0.2) is 18.2 Å². The molecule has 88 valence electrons. The summed E-state index contributed by atoms with van der Waals surface area (Å²) in [6, 6.07) is 4.71. The summed E-state index contributed by atoms with van der Waals surface area (Å²) in [6.45, 7) is -2.91. The van der Waals surface area contributed by atoms with Crippen LogP contribution in [0.25, 0.3) is 0 Å². The van der Waals surface area contributed by atoms with Gasteiger partial charge in [0.15, 0.2) is 6.29 Å². The maximum atomic E-state index is 12.1. The molecule has 0 heterocycles. The van der Waals surface area contributed by atoms with Gasteiger partial charge in [0.05, 0.1) is 5.56 Å². The number of halogens is 3. The van der Waals surface area contributed by atoms with Gasteiger partial charge in [0, 0.05) is 5.33 Å². The van der Waals surface area contributed by atoms with Gasteiger partial charge in [-0.05, 0) is 24.5 Å². The van der Waals surface area contributed by atoms with E-state index in [1.807, 2.05) is 0 Å². The highest BCUT2D eigenvalue weighted by molar-refractivity contribution is 9.09. The van der Waals surface area contributed by atoms with Crippen LogP contribution in [0.1, 0.15) is 22.3 Å². The molecule has 0 spiro atoms. The van der Waals surface area contributed by atoms with Crippen molar-refractivity contribution in [1.29, 1.82) is 0 Å². The molecule has 0 amide bonds. The first-order valence-electron chi connectivity index (χ1n) is 4.77. The summed E-state index contributed by atoms with van der Waals surface area (Å²) in [7, 11) is 0. The zero-order valence-electron chi connectivity index (χ0n) is 8.46. The van der Waals surface area contributed by atoms with Crippen molar-refractivity contribution in [2.45, 2.75) is 19.5 Å². The molecule has 5 heteroatoms. The zero-order valence-corrected chi connectivity index (χ0v) is 10.0. The number of ether oxygens (including phenoxy) is 1. The van der Waals surface area contributed by atoms with Gasteiger partial charge < -0.3 is 4.74 Å². The second kappa shape index (κ2) is 6.58. The highest BCUT2D eigenvalue weighted by Gasteiger charge is 2.12. The van der Waals surface area contributed by atoms with Crippen molar-refractivity contribution in [3.8, 4) is 5.75 Å². The van der Waals surface area contributed by atoms with Gasteiger partial charge in [-0.3, -0.25) is 4.79 Å². The maximum Gasteiger partial charge on any atom is 0.387 e. The number of aryl methyl sites for hydroxylation is 1. The summed E-state index contributed by atoms with van der Waals surface area (Å²) in [4.78, 5) is 10.9. The van der Waals surface area contributed by atoms with Crippen LogP contribution in [0.2, 0.25) is 0 Å². The first kappa shape index (κ1) is 13.1. The van der Waals surface area contributed by atoms with Crippen LogP contribution in [0.3, 0.4) is 0 Å². The third kappa shape index (κ3) is 3.56. The molecule has 1 aromatic rings. The van der Waals surface area contributed by atoms with Crippen LogP contribution in [0, 0.1) is 0 Å². The molecule has 1 aromatic carbocycles. The topological polar surface area (TPSA) is 26.3 Å². The summed E-state index contributed by atoms with van der Waals surface area (Å²) >= 11 is 3.27. The quantitative estimate of drug-likeness (QED) is 0.593. The smallest absolute Gasteiger partial charge is 0.387 e. The van der Waals surface area contributed by atoms with Crippen molar-refractivity contribution in [1.82, 2.24) is 0 Å². The Morgan fingerprint density at radius 2 is 2.19 bits per heavy atom. The number of carbonyl (C=O) groups excluding carboxylic acids is 1. The van der Waals surface area contributed by atoms with E-state index >= 15 is 0 Å². The van der Waals surface area contributed by atoms with Crippen LogP contribution in [-0.2, 0) is 6.42 Å². The van der Waals surface area contributed by atoms with Crippen LogP contribution in [0.15, 0.2) is 18.2 Å². The monoisotopic (exact) mass is 292 g/mol. The lowest BCUT2D eigenvalue weighted by atomic mass is 10.0. The van der Waals surface area contributed by atoms with E-state index in [9.17, 15) is 13.6 Å². The summed E-state index contributed by atoms with van der Waals surface area (Å²) in [5.41, 5.74) is 0.941. The fourth-order valence-electron chi connectivity index (χ4n) is 1.40. The number of rotatable bonds is 6. The van der Waals surface area contributed by atoms with Gasteiger partial charge in [-0.25, -0.2) is 0 Å². The second-order valence-electron chi connectivity index (χ2n) is 3.12. The van der Waals surface area contributed by atoms with Crippen molar-refractivity contribution < 1.29 is 18.3 Å². The molecule has 0 N–H and O–H groups in total. The van der Waals surface area contributed by atoms with Gasteiger partial charge in [-0.1, -0.05) is 28.1 Å². The Balaban J connectivity index is 2.95. The van der Waals surface area contributed by atoms with Crippen molar-refractivity contribution in [2.24, 2.45) is 0 Å². The normalized spacial score (nSPS) is 10.5. The van der Waals surface area contributed by atoms with Crippen LogP contribution in [0.4, 0.5) is 8.78 Å². The molecule has 0 unspecified atom stereocenters. The molecular formula is C11H11BrF2O2. The fraction of sp³-hybridized carbons (Fsp3) is 0.364. The molecule has 0 atom stereocenters. The van der Waals surface area contributed by atoms with Gasteiger partial charge in [0.1, 0.15) is 5.75 Å². The molecule has 0 aromatic heterocycles. The third-order valence-corrected chi connectivity index (χ3v) is 2.63. The highest BCUT2D eigenvalue weighted by Crippen LogP contribution is 2.23. The largest absolute Gasteiger partial charge is 0.434 e. The lowest BCUT2D eigenvalue weighted by Crippen LogP contribution is -2.06. The Labute approximate surface area is 101 Å². The Morgan fingerprint density at radius 3 is 2.75 bits per heavy atom. The predicted molar refractivity (Wildman–Crippen MR) is 60.6 cm³/mol. The average Bonchev–Trinajstić information content (AvgIpc) is 2.25. The third-order valence-electron chi connectivity index (χ3n) is 2.07. The molecule has 0 aliphatic carbocycles. The predicted octanol–water partition coefficient (Wildman–Crippen LogP) is 3.43. The van der Waals surface area contributed by atoms with E-state index in [4.69, 9.17) is 0 Å². The van der Waals surface area contributed by atoms with Gasteiger partial charge in [0.2, 0.25) is 0 Å². The molecule has 0 fully saturated rings. The van der Waals surface area contributed by atoms with Gasteiger partial charge >= 0.3 is 6.61 Å². The number of alkyl halides is 3. The average molecular weight is 293 g/mol. The van der Waals surface area contributed by atoms with E-state index < -0.39 is 6.61 Å². The van der Waals surface area contributed by atoms with Crippen molar-refractivity contribution in [2.75, 3.05) is 5.33 Å². The Bertz CT molecular complexity index is 356. The lowest BCUT2D eigenvalue weighted by Gasteiger charge is -2.10. The first-order valence-corrected chi connectivity index (χ1v) is 5.89. The standard InChI is InChI=1S/C11H11BrF2O2/c12-6-2-4-8-3-1-5-10(9(8)7-15)16-11(13)14/h1,3,5,7,11H,2,4,6H2. The highest BCUT2D eigenvalue weighted by atomic mass is 79.9. The first-order chi connectivity index (χ1) is 7.69. The number of hydrogen-bond acceptors (Lipinski definition) is 2. The number of hydrogen-bond donors (Lipinski definition) is 0. The van der Waals surface area contributed by atoms with Crippen LogP contribution >= 0.6 is 15.9 Å². The van der Waals surface area contributed by atoms with E-state index in [0.717, 1.165) is 17.3 Å². The molecular weight excluding hydrogens is 282 g/mol. The number of aldehydes is 1. The SMILES string of the molecule is O=Cc1c(CCCBr)cccc1OC(F)F. The molecule has 16 heavy (non-hydrogen) atoms. The summed E-state index contributed by atoms with van der Waals surface area (Å²) in [6.07, 6.45) is 2.04. The molecule has 2 nitrogen and oxygen atoms in total. The lowest BCUT2D eigenvalue weighted by molar-refractivity contribution is -0.0501. The van der Waals surface area contributed by atoms with Crippen molar-refractivity contribution in [3.63, 3.8) is 0 Å². The van der Waals surface area contributed by atoms with E-state index in [1.54, 1.807) is 12.1 Å². The zero-order chi connectivity index (χ0) is 12.0. The van der Waals surface area contributed by atoms with Crippen LogP contribution in [0.5, 0.6) is 5.75 Å². The van der Waals surface area contributed by atoms with Gasteiger partial charge in [-0.2, -0.15) is 8.78 Å². The van der Waals surface area contributed by atoms with Crippen LogP contribution < -0.4 is 4.74 Å². The minimum atomic E-state index is -2.91. The van der Waals surface area contributed by atoms with E-state index in [1.165, 1.54) is 6.07 Å². The second-order valence-corrected chi connectivity index (χ2v) is 3.91. The van der Waals surface area contributed by atoms with E-state index in [0.29, 0.717) is 12.7 Å².